The molecule has 2 heterocycles. The Morgan fingerprint density at radius 1 is 1.29 bits per heavy atom. The summed E-state index contributed by atoms with van der Waals surface area (Å²) in [6, 6.07) is 8.14. The summed E-state index contributed by atoms with van der Waals surface area (Å²) in [6.07, 6.45) is 3.94. The zero-order valence-electron chi connectivity index (χ0n) is 16.1. The van der Waals surface area contributed by atoms with Crippen LogP contribution >= 0.6 is 12.4 Å². The lowest BCUT2D eigenvalue weighted by molar-refractivity contribution is -0.135. The van der Waals surface area contributed by atoms with Gasteiger partial charge in [0.1, 0.15) is 11.9 Å². The van der Waals surface area contributed by atoms with Gasteiger partial charge in [0.2, 0.25) is 5.91 Å². The van der Waals surface area contributed by atoms with E-state index in [2.05, 4.69) is 15.5 Å². The van der Waals surface area contributed by atoms with Crippen molar-refractivity contribution in [1.29, 1.82) is 0 Å². The lowest BCUT2D eigenvalue weighted by Crippen LogP contribution is -2.51. The molecule has 1 atom stereocenters. The summed E-state index contributed by atoms with van der Waals surface area (Å²) in [7, 11) is 1.85. The van der Waals surface area contributed by atoms with Gasteiger partial charge in [-0.25, -0.2) is 4.39 Å². The maximum atomic E-state index is 13.0. The number of carbonyl (C=O) groups is 1. The molecule has 8 heteroatoms. The Balaban J connectivity index is 0.00000280. The molecule has 0 radical (unpaired) electrons. The lowest BCUT2D eigenvalue weighted by atomic mass is 10.1. The molecule has 2 aromatic rings. The molecule has 154 valence electrons. The average Bonchev–Trinajstić information content (AvgIpc) is 3.17. The standard InChI is InChI=1S/C20H27FN4O2.ClH/c1-25(20(26)19-14-27-12-10-22-19)11-4-2-3-5-17-13-18(24-23-17)15-6-8-16(21)9-7-15;/h6-9,13,19,22H,2-5,10-12,14H2,1H3,(H,23,24);1H. The van der Waals surface area contributed by atoms with E-state index in [0.717, 1.165) is 55.7 Å². The highest BCUT2D eigenvalue weighted by Gasteiger charge is 2.23. The van der Waals surface area contributed by atoms with Crippen LogP contribution in [0.4, 0.5) is 4.39 Å². The Morgan fingerprint density at radius 3 is 2.79 bits per heavy atom. The van der Waals surface area contributed by atoms with Gasteiger partial charge in [0, 0.05) is 31.4 Å². The first-order valence-corrected chi connectivity index (χ1v) is 9.50. The third kappa shape index (κ3) is 6.29. The maximum Gasteiger partial charge on any atom is 0.241 e. The topological polar surface area (TPSA) is 70.2 Å². The van der Waals surface area contributed by atoms with E-state index in [9.17, 15) is 9.18 Å². The minimum atomic E-state index is -0.246. The minimum absolute atomic E-state index is 0. The molecule has 0 saturated carbocycles. The molecular weight excluding hydrogens is 383 g/mol. The van der Waals surface area contributed by atoms with E-state index in [-0.39, 0.29) is 30.2 Å². The second kappa shape index (κ2) is 11.1. The largest absolute Gasteiger partial charge is 0.378 e. The van der Waals surface area contributed by atoms with E-state index in [1.54, 1.807) is 17.0 Å². The summed E-state index contributed by atoms with van der Waals surface area (Å²) >= 11 is 0. The number of aromatic nitrogens is 2. The van der Waals surface area contributed by atoms with Gasteiger partial charge in [-0.1, -0.05) is 6.42 Å². The van der Waals surface area contributed by atoms with Crippen LogP contribution in [0.25, 0.3) is 11.3 Å². The highest BCUT2D eigenvalue weighted by atomic mass is 35.5. The lowest BCUT2D eigenvalue weighted by Gasteiger charge is -2.27. The first kappa shape index (κ1) is 22.3. The molecule has 3 rings (SSSR count). The summed E-state index contributed by atoms with van der Waals surface area (Å²) in [5, 5.41) is 10.5. The number of rotatable bonds is 8. The molecule has 1 unspecified atom stereocenters. The van der Waals surface area contributed by atoms with Gasteiger partial charge >= 0.3 is 0 Å². The normalized spacial score (nSPS) is 16.4. The third-order valence-electron chi connectivity index (χ3n) is 4.81. The number of halogens is 2. The van der Waals surface area contributed by atoms with Gasteiger partial charge in [0.15, 0.2) is 0 Å². The van der Waals surface area contributed by atoms with Crippen LogP contribution in [-0.2, 0) is 16.0 Å². The second-order valence-electron chi connectivity index (χ2n) is 6.94. The van der Waals surface area contributed by atoms with Crippen LogP contribution in [-0.4, -0.2) is 60.4 Å². The number of unbranched alkanes of at least 4 members (excludes halogenated alkanes) is 2. The number of hydrogen-bond acceptors (Lipinski definition) is 4. The number of carbonyl (C=O) groups excluding carboxylic acids is 1. The van der Waals surface area contributed by atoms with Crippen LogP contribution in [0.1, 0.15) is 25.0 Å². The molecule has 1 aromatic heterocycles. The zero-order valence-corrected chi connectivity index (χ0v) is 16.9. The third-order valence-corrected chi connectivity index (χ3v) is 4.81. The van der Waals surface area contributed by atoms with Crippen molar-refractivity contribution < 1.29 is 13.9 Å². The second-order valence-corrected chi connectivity index (χ2v) is 6.94. The highest BCUT2D eigenvalue weighted by Crippen LogP contribution is 2.19. The van der Waals surface area contributed by atoms with E-state index in [0.29, 0.717) is 13.2 Å². The van der Waals surface area contributed by atoms with Crippen molar-refractivity contribution in [2.75, 3.05) is 33.4 Å². The summed E-state index contributed by atoms with van der Waals surface area (Å²) < 4.78 is 18.3. The minimum Gasteiger partial charge on any atom is -0.378 e. The van der Waals surface area contributed by atoms with Crippen LogP contribution in [0.2, 0.25) is 0 Å². The van der Waals surface area contributed by atoms with Crippen LogP contribution in [0, 0.1) is 5.82 Å². The number of benzene rings is 1. The maximum absolute atomic E-state index is 13.0. The van der Waals surface area contributed by atoms with E-state index < -0.39 is 0 Å². The van der Waals surface area contributed by atoms with Crippen molar-refractivity contribution in [3.8, 4) is 11.3 Å². The molecule has 28 heavy (non-hydrogen) atoms. The number of likely N-dealkylation sites (N-methyl/N-ethyl adjacent to an activating group) is 1. The first-order chi connectivity index (χ1) is 13.1. The van der Waals surface area contributed by atoms with Crippen molar-refractivity contribution in [2.45, 2.75) is 31.7 Å². The Bertz CT molecular complexity index is 732. The van der Waals surface area contributed by atoms with Gasteiger partial charge in [-0.3, -0.25) is 9.89 Å². The Hall–Kier alpha value is -1.96. The molecule has 0 aliphatic carbocycles. The van der Waals surface area contributed by atoms with Crippen LogP contribution < -0.4 is 5.32 Å². The van der Waals surface area contributed by atoms with Gasteiger partial charge in [-0.05, 0) is 49.6 Å². The van der Waals surface area contributed by atoms with Crippen molar-refractivity contribution in [3.05, 3.63) is 41.8 Å². The number of amides is 1. The fourth-order valence-electron chi connectivity index (χ4n) is 3.20. The van der Waals surface area contributed by atoms with Crippen LogP contribution in [0.3, 0.4) is 0 Å². The van der Waals surface area contributed by atoms with Crippen molar-refractivity contribution in [1.82, 2.24) is 20.4 Å². The summed E-state index contributed by atoms with van der Waals surface area (Å²) in [6.45, 7) is 2.61. The number of H-pyrrole nitrogens is 1. The monoisotopic (exact) mass is 410 g/mol. The number of aryl methyl sites for hydroxylation is 1. The van der Waals surface area contributed by atoms with E-state index in [1.807, 2.05) is 13.1 Å². The zero-order chi connectivity index (χ0) is 19.1. The SMILES string of the molecule is CN(CCCCCc1cc(-c2ccc(F)cc2)n[nH]1)C(=O)C1COCCN1.Cl. The Kier molecular flexibility index (Phi) is 8.89. The molecule has 1 aromatic carbocycles. The van der Waals surface area contributed by atoms with E-state index in [1.165, 1.54) is 12.1 Å². The number of nitrogens with one attached hydrogen (secondary N) is 2. The summed E-state index contributed by atoms with van der Waals surface area (Å²) in [5.74, 6) is -0.142. The van der Waals surface area contributed by atoms with Crippen molar-refractivity contribution in [3.63, 3.8) is 0 Å². The fourth-order valence-corrected chi connectivity index (χ4v) is 3.20. The summed E-state index contributed by atoms with van der Waals surface area (Å²) in [4.78, 5) is 14.1. The van der Waals surface area contributed by atoms with Crippen LogP contribution in [0.15, 0.2) is 30.3 Å². The van der Waals surface area contributed by atoms with Crippen molar-refractivity contribution >= 4 is 18.3 Å². The van der Waals surface area contributed by atoms with Gasteiger partial charge < -0.3 is 15.0 Å². The van der Waals surface area contributed by atoms with Gasteiger partial charge in [0.05, 0.1) is 18.9 Å². The fraction of sp³-hybridized carbons (Fsp3) is 0.500. The van der Waals surface area contributed by atoms with Gasteiger partial charge in [-0.2, -0.15) is 5.10 Å². The molecule has 1 amide bonds. The molecule has 2 N–H and O–H groups in total. The number of hydrogen-bond donors (Lipinski definition) is 2. The van der Waals surface area contributed by atoms with E-state index in [4.69, 9.17) is 4.74 Å². The molecule has 1 saturated heterocycles. The molecule has 0 bridgehead atoms. The number of morpholine rings is 1. The van der Waals surface area contributed by atoms with Crippen molar-refractivity contribution in [2.24, 2.45) is 0 Å². The number of nitrogens with zero attached hydrogens (tertiary/aromatic N) is 2. The van der Waals surface area contributed by atoms with Gasteiger partial charge in [-0.15, -0.1) is 12.4 Å². The molecule has 1 fully saturated rings. The predicted octanol–water partition coefficient (Wildman–Crippen LogP) is 2.80. The quantitative estimate of drug-likeness (QED) is 0.656. The summed E-state index contributed by atoms with van der Waals surface area (Å²) in [5.41, 5.74) is 2.80. The van der Waals surface area contributed by atoms with E-state index >= 15 is 0 Å². The highest BCUT2D eigenvalue weighted by molar-refractivity contribution is 5.85. The Morgan fingerprint density at radius 2 is 2.07 bits per heavy atom. The van der Waals surface area contributed by atoms with Gasteiger partial charge in [0.25, 0.3) is 0 Å². The average molecular weight is 411 g/mol. The smallest absolute Gasteiger partial charge is 0.241 e. The number of aromatic amines is 1. The molecule has 1 aliphatic heterocycles. The molecular formula is C20H28ClFN4O2. The molecule has 0 spiro atoms. The number of ether oxygens (including phenoxy) is 1. The van der Waals surface area contributed by atoms with Crippen LogP contribution in [0.5, 0.6) is 0 Å². The molecule has 1 aliphatic rings. The first-order valence-electron chi connectivity index (χ1n) is 9.50. The molecule has 6 nitrogen and oxygen atoms in total. The Labute approximate surface area is 171 Å². The predicted molar refractivity (Wildman–Crippen MR) is 109 cm³/mol.